The lowest BCUT2D eigenvalue weighted by molar-refractivity contribution is 0.0300. The van der Waals surface area contributed by atoms with Crippen LogP contribution in [0.15, 0.2) is 18.2 Å². The van der Waals surface area contributed by atoms with Crippen molar-refractivity contribution in [1.82, 2.24) is 0 Å². The highest BCUT2D eigenvalue weighted by Gasteiger charge is 2.26. The van der Waals surface area contributed by atoms with Crippen molar-refractivity contribution in [2.45, 2.75) is 19.8 Å². The first kappa shape index (κ1) is 12.7. The molecule has 0 unspecified atom stereocenters. The molecule has 0 amide bonds. The molecule has 1 aromatic rings. The van der Waals surface area contributed by atoms with E-state index >= 15 is 0 Å². The smallest absolute Gasteiger partial charge is 0.101 e. The standard InChI is InChI=1S/C14H19N3O/c1-14(4-6-18-7-5-14)10-17-12-3-2-11(9-15)13(16)8-12/h2-3,8,17H,4-7,10,16H2,1H3. The molecule has 1 aliphatic rings. The number of benzene rings is 1. The van der Waals surface area contributed by atoms with Crippen molar-refractivity contribution in [2.75, 3.05) is 30.8 Å². The van der Waals surface area contributed by atoms with E-state index in [0.29, 0.717) is 11.3 Å². The van der Waals surface area contributed by atoms with Crippen LogP contribution in [-0.4, -0.2) is 19.8 Å². The molecular formula is C14H19N3O. The van der Waals surface area contributed by atoms with Gasteiger partial charge in [0.1, 0.15) is 6.07 Å². The quantitative estimate of drug-likeness (QED) is 0.802. The van der Waals surface area contributed by atoms with Crippen molar-refractivity contribution in [1.29, 1.82) is 5.26 Å². The van der Waals surface area contributed by atoms with Crippen LogP contribution in [0, 0.1) is 16.7 Å². The van der Waals surface area contributed by atoms with E-state index in [1.807, 2.05) is 12.1 Å². The molecule has 0 atom stereocenters. The van der Waals surface area contributed by atoms with E-state index in [-0.39, 0.29) is 5.41 Å². The van der Waals surface area contributed by atoms with E-state index in [9.17, 15) is 0 Å². The molecule has 0 radical (unpaired) electrons. The largest absolute Gasteiger partial charge is 0.398 e. The summed E-state index contributed by atoms with van der Waals surface area (Å²) in [6.45, 7) is 4.86. The van der Waals surface area contributed by atoms with Crippen molar-refractivity contribution in [3.05, 3.63) is 23.8 Å². The average Bonchev–Trinajstić information content (AvgIpc) is 2.38. The van der Waals surface area contributed by atoms with E-state index in [4.69, 9.17) is 15.7 Å². The highest BCUT2D eigenvalue weighted by atomic mass is 16.5. The van der Waals surface area contributed by atoms with Crippen LogP contribution in [-0.2, 0) is 4.74 Å². The van der Waals surface area contributed by atoms with E-state index in [1.165, 1.54) is 0 Å². The van der Waals surface area contributed by atoms with Crippen LogP contribution in [0.1, 0.15) is 25.3 Å². The number of hydrogen-bond donors (Lipinski definition) is 2. The molecule has 2 rings (SSSR count). The Balaban J connectivity index is 1.98. The Kier molecular flexibility index (Phi) is 3.73. The molecule has 0 aliphatic carbocycles. The number of nitrogens with one attached hydrogen (secondary N) is 1. The van der Waals surface area contributed by atoms with E-state index in [1.54, 1.807) is 6.07 Å². The Bertz CT molecular complexity index is 459. The maximum Gasteiger partial charge on any atom is 0.101 e. The first-order valence-electron chi connectivity index (χ1n) is 6.24. The molecule has 4 nitrogen and oxygen atoms in total. The number of anilines is 2. The van der Waals surface area contributed by atoms with Gasteiger partial charge in [0.15, 0.2) is 0 Å². The van der Waals surface area contributed by atoms with Gasteiger partial charge in [-0.2, -0.15) is 5.26 Å². The SMILES string of the molecule is CC1(CNc2ccc(C#N)c(N)c2)CCOCC1. The minimum absolute atomic E-state index is 0.279. The summed E-state index contributed by atoms with van der Waals surface area (Å²) < 4.78 is 5.38. The second-order valence-corrected chi connectivity index (χ2v) is 5.19. The first-order chi connectivity index (χ1) is 8.63. The lowest BCUT2D eigenvalue weighted by Crippen LogP contribution is -2.33. The molecular weight excluding hydrogens is 226 g/mol. The van der Waals surface area contributed by atoms with Gasteiger partial charge in [-0.05, 0) is 36.5 Å². The predicted octanol–water partition coefficient (Wildman–Crippen LogP) is 2.37. The molecule has 1 aliphatic heterocycles. The third-order valence-electron chi connectivity index (χ3n) is 3.59. The Morgan fingerprint density at radius 3 is 2.78 bits per heavy atom. The van der Waals surface area contributed by atoms with Crippen molar-refractivity contribution in [2.24, 2.45) is 5.41 Å². The topological polar surface area (TPSA) is 71.1 Å². The fourth-order valence-electron chi connectivity index (χ4n) is 2.13. The van der Waals surface area contributed by atoms with Gasteiger partial charge in [-0.3, -0.25) is 0 Å². The van der Waals surface area contributed by atoms with E-state index < -0.39 is 0 Å². The minimum atomic E-state index is 0.279. The van der Waals surface area contributed by atoms with Gasteiger partial charge in [0.2, 0.25) is 0 Å². The van der Waals surface area contributed by atoms with Gasteiger partial charge in [-0.15, -0.1) is 0 Å². The van der Waals surface area contributed by atoms with Gasteiger partial charge in [0.05, 0.1) is 11.3 Å². The van der Waals surface area contributed by atoms with Crippen molar-refractivity contribution >= 4 is 11.4 Å². The van der Waals surface area contributed by atoms with Gasteiger partial charge >= 0.3 is 0 Å². The van der Waals surface area contributed by atoms with Crippen molar-refractivity contribution in [3.63, 3.8) is 0 Å². The number of hydrogen-bond acceptors (Lipinski definition) is 4. The molecule has 0 bridgehead atoms. The normalized spacial score (nSPS) is 18.0. The summed E-state index contributed by atoms with van der Waals surface area (Å²) >= 11 is 0. The highest BCUT2D eigenvalue weighted by Crippen LogP contribution is 2.30. The fraction of sp³-hybridized carbons (Fsp3) is 0.500. The summed E-state index contributed by atoms with van der Waals surface area (Å²) in [6, 6.07) is 7.54. The maximum absolute atomic E-state index is 8.82. The van der Waals surface area contributed by atoms with Gasteiger partial charge in [0.25, 0.3) is 0 Å². The average molecular weight is 245 g/mol. The van der Waals surface area contributed by atoms with Crippen molar-refractivity contribution in [3.8, 4) is 6.07 Å². The van der Waals surface area contributed by atoms with Gasteiger partial charge in [-0.25, -0.2) is 0 Å². The van der Waals surface area contributed by atoms with Gasteiger partial charge in [0, 0.05) is 25.4 Å². The number of nitrogen functional groups attached to an aromatic ring is 1. The Morgan fingerprint density at radius 1 is 1.44 bits per heavy atom. The number of nitriles is 1. The number of nitrogens with zero attached hydrogens (tertiary/aromatic N) is 1. The molecule has 4 heteroatoms. The number of ether oxygens (including phenoxy) is 1. The monoisotopic (exact) mass is 245 g/mol. The minimum Gasteiger partial charge on any atom is -0.398 e. The second kappa shape index (κ2) is 5.28. The van der Waals surface area contributed by atoms with Crippen LogP contribution in [0.2, 0.25) is 0 Å². The molecule has 96 valence electrons. The zero-order valence-electron chi connectivity index (χ0n) is 10.7. The third-order valence-corrected chi connectivity index (χ3v) is 3.59. The summed E-state index contributed by atoms with van der Waals surface area (Å²) in [4.78, 5) is 0. The van der Waals surface area contributed by atoms with Crippen LogP contribution in [0.5, 0.6) is 0 Å². The summed E-state index contributed by atoms with van der Waals surface area (Å²) in [5.74, 6) is 0. The zero-order valence-corrected chi connectivity index (χ0v) is 10.7. The van der Waals surface area contributed by atoms with Gasteiger partial charge < -0.3 is 15.8 Å². The van der Waals surface area contributed by atoms with Crippen LogP contribution in [0.4, 0.5) is 11.4 Å². The van der Waals surface area contributed by atoms with Crippen LogP contribution in [0.3, 0.4) is 0 Å². The summed E-state index contributed by atoms with van der Waals surface area (Å²) in [5.41, 5.74) is 8.09. The molecule has 1 fully saturated rings. The predicted molar refractivity (Wildman–Crippen MR) is 72.2 cm³/mol. The number of rotatable bonds is 3. The lowest BCUT2D eigenvalue weighted by atomic mass is 9.82. The summed E-state index contributed by atoms with van der Waals surface area (Å²) in [5, 5.41) is 12.2. The summed E-state index contributed by atoms with van der Waals surface area (Å²) in [6.07, 6.45) is 2.15. The molecule has 0 spiro atoms. The van der Waals surface area contributed by atoms with E-state index in [0.717, 1.165) is 38.3 Å². The Labute approximate surface area is 108 Å². The Morgan fingerprint density at radius 2 is 2.17 bits per heavy atom. The molecule has 0 saturated carbocycles. The first-order valence-corrected chi connectivity index (χ1v) is 6.24. The molecule has 1 aromatic carbocycles. The van der Waals surface area contributed by atoms with Crippen LogP contribution >= 0.6 is 0 Å². The van der Waals surface area contributed by atoms with Gasteiger partial charge in [-0.1, -0.05) is 6.92 Å². The third kappa shape index (κ3) is 2.93. The van der Waals surface area contributed by atoms with E-state index in [2.05, 4.69) is 18.3 Å². The second-order valence-electron chi connectivity index (χ2n) is 5.19. The Hall–Kier alpha value is -1.73. The number of nitrogens with two attached hydrogens (primary N) is 1. The molecule has 0 aromatic heterocycles. The van der Waals surface area contributed by atoms with Crippen LogP contribution in [0.25, 0.3) is 0 Å². The maximum atomic E-state index is 8.82. The van der Waals surface area contributed by atoms with Crippen molar-refractivity contribution < 1.29 is 4.74 Å². The molecule has 1 saturated heterocycles. The molecule has 18 heavy (non-hydrogen) atoms. The highest BCUT2D eigenvalue weighted by molar-refractivity contribution is 5.62. The fourth-order valence-corrected chi connectivity index (χ4v) is 2.13. The lowest BCUT2D eigenvalue weighted by Gasteiger charge is -2.34. The molecule has 1 heterocycles. The zero-order chi connectivity index (χ0) is 13.0. The summed E-state index contributed by atoms with van der Waals surface area (Å²) in [7, 11) is 0. The van der Waals surface area contributed by atoms with Crippen LogP contribution < -0.4 is 11.1 Å². The molecule has 3 N–H and O–H groups in total.